The lowest BCUT2D eigenvalue weighted by molar-refractivity contribution is -0.120. The quantitative estimate of drug-likeness (QED) is 0.846. The van der Waals surface area contributed by atoms with Crippen molar-refractivity contribution in [1.82, 2.24) is 0 Å². The van der Waals surface area contributed by atoms with Gasteiger partial charge in [-0.25, -0.2) is 0 Å². The van der Waals surface area contributed by atoms with Crippen molar-refractivity contribution in [3.8, 4) is 0 Å². The highest BCUT2D eigenvalue weighted by Gasteiger charge is 2.09. The minimum atomic E-state index is -0.280. The third kappa shape index (κ3) is 3.85. The summed E-state index contributed by atoms with van der Waals surface area (Å²) in [6.45, 7) is 2.39. The number of nitrogens with one attached hydrogen (secondary N) is 1. The minimum absolute atomic E-state index is 0.181. The number of rotatable bonds is 6. The third-order valence-electron chi connectivity index (χ3n) is 3.34. The van der Waals surface area contributed by atoms with Gasteiger partial charge in [-0.2, -0.15) is 0 Å². The fourth-order valence-corrected chi connectivity index (χ4v) is 2.03. The van der Waals surface area contributed by atoms with E-state index in [0.717, 1.165) is 12.1 Å². The molecule has 0 radical (unpaired) electrons. The Morgan fingerprint density at radius 2 is 1.75 bits per heavy atom. The van der Waals surface area contributed by atoms with Gasteiger partial charge in [-0.15, -0.1) is 0 Å². The van der Waals surface area contributed by atoms with Crippen LogP contribution in [0.25, 0.3) is 0 Å². The number of carbonyl (C=O) groups is 1. The van der Waals surface area contributed by atoms with Crippen molar-refractivity contribution < 1.29 is 4.79 Å². The summed E-state index contributed by atoms with van der Waals surface area (Å²) in [5, 5.41) is 3.31. The summed E-state index contributed by atoms with van der Waals surface area (Å²) in [4.78, 5) is 11.1. The molecule has 0 saturated carbocycles. The van der Waals surface area contributed by atoms with Crippen LogP contribution in [-0.2, 0) is 11.2 Å². The number of amides is 1. The molecular weight excluding hydrogens is 248 g/mol. The largest absolute Gasteiger partial charge is 0.384 e. The number of para-hydroxylation sites is 1. The topological polar surface area (TPSA) is 55.1 Å². The molecule has 2 rings (SSSR count). The van der Waals surface area contributed by atoms with Crippen molar-refractivity contribution >= 4 is 11.6 Å². The third-order valence-corrected chi connectivity index (χ3v) is 3.34. The van der Waals surface area contributed by atoms with Gasteiger partial charge in [-0.1, -0.05) is 55.5 Å². The number of primary amides is 1. The number of benzene rings is 2. The molecule has 0 aliphatic rings. The van der Waals surface area contributed by atoms with Crippen LogP contribution in [0.15, 0.2) is 54.6 Å². The fraction of sp³-hybridized carbons (Fsp3) is 0.235. The summed E-state index contributed by atoms with van der Waals surface area (Å²) in [5.74, 6) is -0.460. The molecule has 104 valence electrons. The lowest BCUT2D eigenvalue weighted by atomic mass is 10.0. The van der Waals surface area contributed by atoms with Crippen molar-refractivity contribution in [2.75, 3.05) is 11.9 Å². The Balaban J connectivity index is 2.08. The molecular formula is C17H20N2O. The van der Waals surface area contributed by atoms with Crippen molar-refractivity contribution in [2.24, 2.45) is 11.7 Å². The van der Waals surface area contributed by atoms with Gasteiger partial charge in [0.25, 0.3) is 0 Å². The molecule has 20 heavy (non-hydrogen) atoms. The molecule has 0 aromatic heterocycles. The van der Waals surface area contributed by atoms with Crippen LogP contribution in [0.1, 0.15) is 18.1 Å². The van der Waals surface area contributed by atoms with Gasteiger partial charge in [0.05, 0.1) is 5.92 Å². The summed E-state index contributed by atoms with van der Waals surface area (Å²) in [7, 11) is 0. The Morgan fingerprint density at radius 1 is 1.10 bits per heavy atom. The first-order valence-corrected chi connectivity index (χ1v) is 6.82. The summed E-state index contributed by atoms with van der Waals surface area (Å²) < 4.78 is 0. The van der Waals surface area contributed by atoms with Crippen LogP contribution in [0.5, 0.6) is 0 Å². The molecule has 1 atom stereocenters. The second kappa shape index (κ2) is 6.75. The van der Waals surface area contributed by atoms with Gasteiger partial charge in [0, 0.05) is 12.2 Å². The molecule has 0 spiro atoms. The van der Waals surface area contributed by atoms with Crippen LogP contribution < -0.4 is 11.1 Å². The van der Waals surface area contributed by atoms with Gasteiger partial charge in [-0.05, 0) is 23.6 Å². The zero-order valence-corrected chi connectivity index (χ0v) is 11.7. The molecule has 3 nitrogen and oxygen atoms in total. The maximum Gasteiger partial charge on any atom is 0.222 e. The maximum absolute atomic E-state index is 11.1. The molecule has 0 heterocycles. The zero-order chi connectivity index (χ0) is 14.4. The molecule has 0 aliphatic carbocycles. The molecule has 0 aliphatic heterocycles. The number of anilines is 1. The smallest absolute Gasteiger partial charge is 0.222 e. The highest BCUT2D eigenvalue weighted by Crippen LogP contribution is 2.19. The molecule has 0 saturated heterocycles. The van der Waals surface area contributed by atoms with Crippen LogP contribution in [0.3, 0.4) is 0 Å². The van der Waals surface area contributed by atoms with E-state index in [1.54, 1.807) is 0 Å². The van der Waals surface area contributed by atoms with Gasteiger partial charge >= 0.3 is 0 Å². The van der Waals surface area contributed by atoms with Gasteiger partial charge in [0.2, 0.25) is 5.91 Å². The normalized spacial score (nSPS) is 11.8. The van der Waals surface area contributed by atoms with Gasteiger partial charge in [0.15, 0.2) is 0 Å². The Hall–Kier alpha value is -2.29. The van der Waals surface area contributed by atoms with Gasteiger partial charge in [-0.3, -0.25) is 4.79 Å². The Bertz CT molecular complexity index is 566. The average molecular weight is 268 g/mol. The van der Waals surface area contributed by atoms with Crippen molar-refractivity contribution in [3.63, 3.8) is 0 Å². The predicted octanol–water partition coefficient (Wildman–Crippen LogP) is 2.81. The molecule has 3 N–H and O–H groups in total. The van der Waals surface area contributed by atoms with E-state index in [1.165, 1.54) is 11.1 Å². The first-order valence-electron chi connectivity index (χ1n) is 6.82. The van der Waals surface area contributed by atoms with Crippen molar-refractivity contribution in [2.45, 2.75) is 13.3 Å². The molecule has 0 fully saturated rings. The van der Waals surface area contributed by atoms with E-state index < -0.39 is 0 Å². The van der Waals surface area contributed by atoms with E-state index in [2.05, 4.69) is 23.5 Å². The first kappa shape index (κ1) is 14.1. The number of nitrogens with two attached hydrogens (primary N) is 1. The van der Waals surface area contributed by atoms with Crippen molar-refractivity contribution in [1.29, 1.82) is 0 Å². The second-order valence-electron chi connectivity index (χ2n) is 5.00. The fourth-order valence-electron chi connectivity index (χ4n) is 2.03. The molecule has 0 bridgehead atoms. The molecule has 1 amide bonds. The highest BCUT2D eigenvalue weighted by atomic mass is 16.1. The second-order valence-corrected chi connectivity index (χ2v) is 5.00. The number of hydrogen-bond acceptors (Lipinski definition) is 2. The van der Waals surface area contributed by atoms with Crippen LogP contribution in [0, 0.1) is 5.92 Å². The van der Waals surface area contributed by atoms with E-state index in [-0.39, 0.29) is 11.8 Å². The first-order chi connectivity index (χ1) is 9.66. The van der Waals surface area contributed by atoms with Crippen LogP contribution in [-0.4, -0.2) is 12.5 Å². The van der Waals surface area contributed by atoms with E-state index in [0.29, 0.717) is 6.54 Å². The SMILES string of the molecule is CC(CNc1ccccc1Cc1ccccc1)C(N)=O. The standard InChI is InChI=1S/C17H20N2O/c1-13(17(18)20)12-19-16-10-6-5-9-15(16)11-14-7-3-2-4-8-14/h2-10,13,19H,11-12H2,1H3,(H2,18,20). The lowest BCUT2D eigenvalue weighted by Crippen LogP contribution is -2.27. The van der Waals surface area contributed by atoms with Crippen molar-refractivity contribution in [3.05, 3.63) is 65.7 Å². The Kier molecular flexibility index (Phi) is 4.77. The van der Waals surface area contributed by atoms with Crippen LogP contribution in [0.4, 0.5) is 5.69 Å². The zero-order valence-electron chi connectivity index (χ0n) is 11.7. The van der Waals surface area contributed by atoms with Crippen LogP contribution >= 0.6 is 0 Å². The molecule has 2 aromatic rings. The van der Waals surface area contributed by atoms with E-state index in [9.17, 15) is 4.79 Å². The molecule has 2 aromatic carbocycles. The van der Waals surface area contributed by atoms with E-state index in [4.69, 9.17) is 5.73 Å². The van der Waals surface area contributed by atoms with Gasteiger partial charge < -0.3 is 11.1 Å². The average Bonchev–Trinajstić information content (AvgIpc) is 2.47. The van der Waals surface area contributed by atoms with Crippen LogP contribution in [0.2, 0.25) is 0 Å². The lowest BCUT2D eigenvalue weighted by Gasteiger charge is -2.14. The minimum Gasteiger partial charge on any atom is -0.384 e. The monoisotopic (exact) mass is 268 g/mol. The molecule has 1 unspecified atom stereocenters. The Morgan fingerprint density at radius 3 is 2.45 bits per heavy atom. The summed E-state index contributed by atoms with van der Waals surface area (Å²) in [6, 6.07) is 18.5. The van der Waals surface area contributed by atoms with E-state index >= 15 is 0 Å². The highest BCUT2D eigenvalue weighted by molar-refractivity contribution is 5.77. The Labute approximate surface area is 119 Å². The van der Waals surface area contributed by atoms with Gasteiger partial charge in [0.1, 0.15) is 0 Å². The summed E-state index contributed by atoms with van der Waals surface area (Å²) in [5.41, 5.74) is 8.83. The number of carbonyl (C=O) groups excluding carboxylic acids is 1. The van der Waals surface area contributed by atoms with E-state index in [1.807, 2.05) is 43.3 Å². The number of hydrogen-bond donors (Lipinski definition) is 2. The summed E-state index contributed by atoms with van der Waals surface area (Å²) >= 11 is 0. The predicted molar refractivity (Wildman–Crippen MR) is 82.5 cm³/mol. The molecule has 3 heteroatoms. The summed E-state index contributed by atoms with van der Waals surface area (Å²) in [6.07, 6.45) is 0.870. The maximum atomic E-state index is 11.1.